The Kier molecular flexibility index (Phi) is 4.93. The van der Waals surface area contributed by atoms with E-state index in [-0.39, 0.29) is 0 Å². The molecule has 0 saturated carbocycles. The van der Waals surface area contributed by atoms with Crippen LogP contribution in [-0.2, 0) is 0 Å². The van der Waals surface area contributed by atoms with E-state index in [9.17, 15) is 0 Å². The number of fused-ring (bicyclic) bond motifs is 9. The van der Waals surface area contributed by atoms with E-state index in [1.807, 2.05) is 30.6 Å². The van der Waals surface area contributed by atoms with Gasteiger partial charge in [0.25, 0.3) is 0 Å². The molecule has 210 valence electrons. The van der Waals surface area contributed by atoms with Crippen molar-refractivity contribution < 1.29 is 4.42 Å². The lowest BCUT2D eigenvalue weighted by Gasteiger charge is -2.08. The number of hydrogen-bond acceptors (Lipinski definition) is 3. The van der Waals surface area contributed by atoms with Crippen LogP contribution in [0.25, 0.3) is 88.3 Å². The summed E-state index contributed by atoms with van der Waals surface area (Å²) >= 11 is 0. The maximum Gasteiger partial charge on any atom is 0.145 e. The second kappa shape index (κ2) is 9.15. The molecule has 5 heterocycles. The zero-order valence-electron chi connectivity index (χ0n) is 24.1. The molecule has 0 unspecified atom stereocenters. The SMILES string of the molecule is c1ccc(-n2c3ccc(-c4cccc5c4oc4ccc(-n6c7ccccc7c7cccnc76)cc45)cc3c3cccnc32)cc1. The minimum absolute atomic E-state index is 0.862. The molecule has 10 rings (SSSR count). The predicted molar refractivity (Wildman–Crippen MR) is 183 cm³/mol. The fourth-order valence-corrected chi connectivity index (χ4v) is 7.06. The zero-order chi connectivity index (χ0) is 29.5. The van der Waals surface area contributed by atoms with Crippen LogP contribution in [0.1, 0.15) is 0 Å². The van der Waals surface area contributed by atoms with Crippen molar-refractivity contribution in [2.45, 2.75) is 0 Å². The molecule has 5 aromatic heterocycles. The van der Waals surface area contributed by atoms with E-state index in [2.05, 4.69) is 124 Å². The van der Waals surface area contributed by atoms with Gasteiger partial charge in [-0.05, 0) is 78.4 Å². The smallest absolute Gasteiger partial charge is 0.145 e. The average molecular weight is 577 g/mol. The van der Waals surface area contributed by atoms with Crippen molar-refractivity contribution in [1.29, 1.82) is 0 Å². The standard InChI is InChI=1S/C40H24N4O/c1-2-9-26(10-3-1)43-36-19-17-25(23-33(36)32-15-8-22-42-40(32)43)28-12-6-13-30-34-24-27(18-20-37(34)45-38(28)30)44-35-16-5-4-11-29(35)31-14-7-21-41-39(31)44/h1-24H. The third kappa shape index (κ3) is 3.43. The molecule has 0 amide bonds. The monoisotopic (exact) mass is 576 g/mol. The van der Waals surface area contributed by atoms with Crippen molar-refractivity contribution >= 4 is 65.8 Å². The maximum atomic E-state index is 6.62. The van der Waals surface area contributed by atoms with Crippen molar-refractivity contribution in [3.63, 3.8) is 0 Å². The van der Waals surface area contributed by atoms with E-state index in [0.29, 0.717) is 0 Å². The summed E-state index contributed by atoms with van der Waals surface area (Å²) in [5.74, 6) is 0. The Bertz CT molecular complexity index is 2710. The first-order valence-corrected chi connectivity index (χ1v) is 15.1. The van der Waals surface area contributed by atoms with Crippen LogP contribution < -0.4 is 0 Å². The summed E-state index contributed by atoms with van der Waals surface area (Å²) in [6.45, 7) is 0. The Labute approximate surface area is 257 Å². The van der Waals surface area contributed by atoms with E-state index < -0.39 is 0 Å². The van der Waals surface area contributed by atoms with Crippen LogP contribution in [0.15, 0.2) is 150 Å². The van der Waals surface area contributed by atoms with Gasteiger partial charge in [-0.15, -0.1) is 0 Å². The molecule has 45 heavy (non-hydrogen) atoms. The van der Waals surface area contributed by atoms with Crippen LogP contribution in [-0.4, -0.2) is 19.1 Å². The largest absolute Gasteiger partial charge is 0.455 e. The predicted octanol–water partition coefficient (Wildman–Crippen LogP) is 10.2. The first-order chi connectivity index (χ1) is 22.3. The van der Waals surface area contributed by atoms with Gasteiger partial charge in [0.05, 0.1) is 11.0 Å². The molecule has 5 nitrogen and oxygen atoms in total. The first kappa shape index (κ1) is 24.3. The summed E-state index contributed by atoms with van der Waals surface area (Å²) in [6, 6.07) is 46.8. The van der Waals surface area contributed by atoms with Crippen molar-refractivity contribution in [3.05, 3.63) is 146 Å². The quantitative estimate of drug-likeness (QED) is 0.210. The summed E-state index contributed by atoms with van der Waals surface area (Å²) in [7, 11) is 0. The minimum atomic E-state index is 0.862. The Morgan fingerprint density at radius 3 is 1.98 bits per heavy atom. The first-order valence-electron chi connectivity index (χ1n) is 15.1. The van der Waals surface area contributed by atoms with Crippen molar-refractivity contribution in [3.8, 4) is 22.5 Å². The Morgan fingerprint density at radius 2 is 1.13 bits per heavy atom. The normalized spacial score (nSPS) is 12.0. The van der Waals surface area contributed by atoms with E-state index in [1.54, 1.807) is 0 Å². The van der Waals surface area contributed by atoms with Crippen LogP contribution in [0.2, 0.25) is 0 Å². The van der Waals surface area contributed by atoms with Gasteiger partial charge >= 0.3 is 0 Å². The van der Waals surface area contributed by atoms with Gasteiger partial charge in [-0.25, -0.2) is 9.97 Å². The van der Waals surface area contributed by atoms with E-state index in [4.69, 9.17) is 14.4 Å². The van der Waals surface area contributed by atoms with Crippen molar-refractivity contribution in [1.82, 2.24) is 19.1 Å². The van der Waals surface area contributed by atoms with Gasteiger partial charge in [0, 0.05) is 61.6 Å². The van der Waals surface area contributed by atoms with Gasteiger partial charge in [-0.3, -0.25) is 9.13 Å². The van der Waals surface area contributed by atoms with Crippen molar-refractivity contribution in [2.24, 2.45) is 0 Å². The van der Waals surface area contributed by atoms with Gasteiger partial charge < -0.3 is 4.42 Å². The van der Waals surface area contributed by atoms with Gasteiger partial charge in [0.2, 0.25) is 0 Å². The Morgan fingerprint density at radius 1 is 0.444 bits per heavy atom. The molecule has 0 radical (unpaired) electrons. The fourth-order valence-electron chi connectivity index (χ4n) is 7.06. The summed E-state index contributed by atoms with van der Waals surface area (Å²) < 4.78 is 11.1. The molecule has 0 spiro atoms. The molecule has 0 aliphatic carbocycles. The van der Waals surface area contributed by atoms with Gasteiger partial charge in [-0.1, -0.05) is 60.7 Å². The lowest BCUT2D eigenvalue weighted by atomic mass is 10.0. The highest BCUT2D eigenvalue weighted by atomic mass is 16.3. The topological polar surface area (TPSA) is 48.8 Å². The summed E-state index contributed by atoms with van der Waals surface area (Å²) in [5, 5.41) is 6.79. The van der Waals surface area contributed by atoms with Gasteiger partial charge in [-0.2, -0.15) is 0 Å². The second-order valence-corrected chi connectivity index (χ2v) is 11.5. The number of pyridine rings is 2. The summed E-state index contributed by atoms with van der Waals surface area (Å²) in [5.41, 5.74) is 10.2. The molecular weight excluding hydrogens is 552 g/mol. The zero-order valence-corrected chi connectivity index (χ0v) is 24.1. The molecule has 5 heteroatoms. The lowest BCUT2D eigenvalue weighted by Crippen LogP contribution is -1.94. The molecule has 0 aliphatic heterocycles. The third-order valence-electron chi connectivity index (χ3n) is 9.02. The molecule has 0 aliphatic rings. The van der Waals surface area contributed by atoms with E-state index >= 15 is 0 Å². The van der Waals surface area contributed by atoms with Crippen LogP contribution in [0, 0.1) is 0 Å². The van der Waals surface area contributed by atoms with E-state index in [0.717, 1.165) is 82.9 Å². The average Bonchev–Trinajstić information content (AvgIpc) is 3.76. The van der Waals surface area contributed by atoms with Crippen LogP contribution >= 0.6 is 0 Å². The van der Waals surface area contributed by atoms with E-state index in [1.165, 1.54) is 5.39 Å². The number of nitrogens with zero attached hydrogens (tertiary/aromatic N) is 4. The molecule has 0 bridgehead atoms. The second-order valence-electron chi connectivity index (χ2n) is 11.5. The number of hydrogen-bond donors (Lipinski definition) is 0. The highest BCUT2D eigenvalue weighted by Crippen LogP contribution is 2.40. The van der Waals surface area contributed by atoms with Gasteiger partial charge in [0.1, 0.15) is 22.5 Å². The molecule has 0 saturated heterocycles. The van der Waals surface area contributed by atoms with Gasteiger partial charge in [0.15, 0.2) is 0 Å². The maximum absolute atomic E-state index is 6.62. The third-order valence-corrected chi connectivity index (χ3v) is 9.02. The molecule has 0 atom stereocenters. The van der Waals surface area contributed by atoms with Crippen LogP contribution in [0.4, 0.5) is 0 Å². The number of para-hydroxylation sites is 3. The molecule has 5 aromatic carbocycles. The Balaban J connectivity index is 1.18. The van der Waals surface area contributed by atoms with Crippen LogP contribution in [0.5, 0.6) is 0 Å². The summed E-state index contributed by atoms with van der Waals surface area (Å²) in [4.78, 5) is 9.56. The highest BCUT2D eigenvalue weighted by Gasteiger charge is 2.18. The fraction of sp³-hybridized carbons (Fsp3) is 0. The number of benzene rings is 5. The number of furan rings is 1. The van der Waals surface area contributed by atoms with Crippen molar-refractivity contribution in [2.75, 3.05) is 0 Å². The Hall–Kier alpha value is -6.20. The number of rotatable bonds is 3. The summed E-state index contributed by atoms with van der Waals surface area (Å²) in [6.07, 6.45) is 3.72. The molecular formula is C40H24N4O. The lowest BCUT2D eigenvalue weighted by molar-refractivity contribution is 0.670. The number of aromatic nitrogens is 4. The molecule has 0 N–H and O–H groups in total. The molecule has 0 fully saturated rings. The minimum Gasteiger partial charge on any atom is -0.455 e. The highest BCUT2D eigenvalue weighted by molar-refractivity contribution is 6.13. The van der Waals surface area contributed by atoms with Crippen LogP contribution in [0.3, 0.4) is 0 Å². The molecule has 10 aromatic rings.